The number of nitrogens with zero attached hydrogens (tertiary/aromatic N) is 2. The van der Waals surface area contributed by atoms with Crippen LogP contribution in [-0.2, 0) is 14.8 Å². The molecule has 27 heavy (non-hydrogen) atoms. The molecule has 0 N–H and O–H groups in total. The molecule has 2 aliphatic heterocycles. The molecule has 2 fully saturated rings. The van der Waals surface area contributed by atoms with Crippen molar-refractivity contribution in [2.45, 2.75) is 10.9 Å². The number of morpholine rings is 1. The molecule has 4 rings (SSSR count). The van der Waals surface area contributed by atoms with E-state index >= 15 is 0 Å². The van der Waals surface area contributed by atoms with E-state index in [1.54, 1.807) is 52.8 Å². The van der Waals surface area contributed by atoms with Gasteiger partial charge in [0.1, 0.15) is 11.5 Å². The predicted octanol–water partition coefficient (Wildman–Crippen LogP) is 2.84. The van der Waals surface area contributed by atoms with Crippen LogP contribution in [0, 0.1) is 0 Å². The van der Waals surface area contributed by atoms with Crippen LogP contribution in [-0.4, -0.2) is 63.1 Å². The van der Waals surface area contributed by atoms with Gasteiger partial charge in [-0.1, -0.05) is 11.6 Å². The number of rotatable bonds is 4. The molecule has 6 nitrogen and oxygen atoms in total. The number of benzene rings is 2. The van der Waals surface area contributed by atoms with Crippen molar-refractivity contribution in [2.75, 3.05) is 39.4 Å². The van der Waals surface area contributed by atoms with Crippen LogP contribution in [0.1, 0.15) is 0 Å². The van der Waals surface area contributed by atoms with Gasteiger partial charge in [-0.2, -0.15) is 4.31 Å². The number of hydrogen-bond donors (Lipinski definition) is 0. The molecule has 2 saturated heterocycles. The van der Waals surface area contributed by atoms with Crippen LogP contribution in [0.25, 0.3) is 0 Å². The zero-order chi connectivity index (χ0) is 18.9. The highest BCUT2D eigenvalue weighted by Crippen LogP contribution is 2.26. The number of ether oxygens (including phenoxy) is 2. The summed E-state index contributed by atoms with van der Waals surface area (Å²) >= 11 is 5.86. The highest BCUT2D eigenvalue weighted by molar-refractivity contribution is 7.89. The zero-order valence-corrected chi connectivity index (χ0v) is 16.3. The van der Waals surface area contributed by atoms with Crippen molar-refractivity contribution in [3.05, 3.63) is 53.6 Å². The Labute approximate surface area is 164 Å². The Morgan fingerprint density at radius 2 is 1.63 bits per heavy atom. The Balaban J connectivity index is 1.46. The summed E-state index contributed by atoms with van der Waals surface area (Å²) in [4.78, 5) is 2.58. The summed E-state index contributed by atoms with van der Waals surface area (Å²) < 4.78 is 38.7. The molecule has 0 radical (unpaired) electrons. The van der Waals surface area contributed by atoms with Crippen LogP contribution in [0.15, 0.2) is 53.4 Å². The smallest absolute Gasteiger partial charge is 0.243 e. The first-order valence-electron chi connectivity index (χ1n) is 8.88. The lowest BCUT2D eigenvalue weighted by atomic mass is 10.2. The third-order valence-corrected chi connectivity index (χ3v) is 7.04. The molecule has 0 aromatic heterocycles. The van der Waals surface area contributed by atoms with Crippen LogP contribution in [0.3, 0.4) is 0 Å². The number of halogens is 1. The minimum absolute atomic E-state index is 0.134. The number of fused-ring (bicyclic) bond motifs is 1. The lowest BCUT2D eigenvalue weighted by Crippen LogP contribution is -2.58. The highest BCUT2D eigenvalue weighted by Gasteiger charge is 2.35. The van der Waals surface area contributed by atoms with E-state index in [9.17, 15) is 8.42 Å². The van der Waals surface area contributed by atoms with Gasteiger partial charge in [-0.3, -0.25) is 4.90 Å². The Morgan fingerprint density at radius 1 is 0.963 bits per heavy atom. The van der Waals surface area contributed by atoms with Gasteiger partial charge in [-0.15, -0.1) is 0 Å². The monoisotopic (exact) mass is 408 g/mol. The van der Waals surface area contributed by atoms with Crippen molar-refractivity contribution in [2.24, 2.45) is 0 Å². The van der Waals surface area contributed by atoms with Crippen molar-refractivity contribution in [3.8, 4) is 11.5 Å². The number of piperazine rings is 1. The molecule has 0 saturated carbocycles. The summed E-state index contributed by atoms with van der Waals surface area (Å²) in [5, 5.41) is 0.632. The van der Waals surface area contributed by atoms with Crippen molar-refractivity contribution in [1.82, 2.24) is 9.21 Å². The van der Waals surface area contributed by atoms with Crippen molar-refractivity contribution >= 4 is 21.6 Å². The first-order chi connectivity index (χ1) is 13.0. The zero-order valence-electron chi connectivity index (χ0n) is 14.8. The maximum atomic E-state index is 13.0. The van der Waals surface area contributed by atoms with Crippen LogP contribution in [0.5, 0.6) is 11.5 Å². The van der Waals surface area contributed by atoms with Gasteiger partial charge >= 0.3 is 0 Å². The van der Waals surface area contributed by atoms with E-state index < -0.39 is 10.0 Å². The molecule has 1 atom stereocenters. The minimum Gasteiger partial charge on any atom is -0.457 e. The van der Waals surface area contributed by atoms with Gasteiger partial charge < -0.3 is 9.47 Å². The average molecular weight is 409 g/mol. The summed E-state index contributed by atoms with van der Waals surface area (Å²) in [7, 11) is -3.53. The quantitative estimate of drug-likeness (QED) is 0.778. The van der Waals surface area contributed by atoms with E-state index in [1.807, 2.05) is 0 Å². The number of hydrogen-bond acceptors (Lipinski definition) is 5. The highest BCUT2D eigenvalue weighted by atomic mass is 35.5. The van der Waals surface area contributed by atoms with Crippen LogP contribution in [0.4, 0.5) is 0 Å². The fourth-order valence-corrected chi connectivity index (χ4v) is 5.00. The Morgan fingerprint density at radius 3 is 2.33 bits per heavy atom. The lowest BCUT2D eigenvalue weighted by molar-refractivity contribution is -0.0304. The molecule has 2 aromatic rings. The molecule has 0 amide bonds. The van der Waals surface area contributed by atoms with Gasteiger partial charge in [0.15, 0.2) is 0 Å². The third-order valence-electron chi connectivity index (χ3n) is 4.91. The molecule has 1 unspecified atom stereocenters. The topological polar surface area (TPSA) is 59.1 Å². The summed E-state index contributed by atoms with van der Waals surface area (Å²) in [5.74, 6) is 1.21. The molecule has 0 aliphatic carbocycles. The Bertz CT molecular complexity index is 887. The van der Waals surface area contributed by atoms with E-state index in [1.165, 1.54) is 0 Å². The van der Waals surface area contributed by atoms with E-state index in [-0.39, 0.29) is 10.9 Å². The average Bonchev–Trinajstić information content (AvgIpc) is 2.70. The lowest BCUT2D eigenvalue weighted by Gasteiger charge is -2.43. The largest absolute Gasteiger partial charge is 0.457 e. The second kappa shape index (κ2) is 7.77. The standard InChI is InChI=1S/C19H21ClN2O4S/c20-15-1-3-17(4-2-15)26-18-5-7-19(8-6-18)27(23,24)22-10-9-21-11-12-25-14-16(21)13-22/h1-8,16H,9-14H2. The summed E-state index contributed by atoms with van der Waals surface area (Å²) in [5.41, 5.74) is 0. The van der Waals surface area contributed by atoms with Crippen molar-refractivity contribution in [1.29, 1.82) is 0 Å². The molecule has 2 aliphatic rings. The second-order valence-corrected chi connectivity index (χ2v) is 9.03. The minimum atomic E-state index is -3.53. The molecule has 8 heteroatoms. The third kappa shape index (κ3) is 4.12. The molecule has 0 bridgehead atoms. The van der Waals surface area contributed by atoms with Crippen molar-refractivity contribution < 1.29 is 17.9 Å². The maximum Gasteiger partial charge on any atom is 0.243 e. The predicted molar refractivity (Wildman–Crippen MR) is 103 cm³/mol. The van der Waals surface area contributed by atoms with Gasteiger partial charge in [-0.05, 0) is 48.5 Å². The second-order valence-electron chi connectivity index (χ2n) is 6.66. The van der Waals surface area contributed by atoms with Gasteiger partial charge in [0.25, 0.3) is 0 Å². The van der Waals surface area contributed by atoms with Gasteiger partial charge in [0.2, 0.25) is 10.0 Å². The number of sulfonamides is 1. The first kappa shape index (κ1) is 18.7. The Hall–Kier alpha value is -1.64. The molecule has 0 spiro atoms. The van der Waals surface area contributed by atoms with Crippen LogP contribution >= 0.6 is 11.6 Å². The first-order valence-corrected chi connectivity index (χ1v) is 10.7. The fourth-order valence-electron chi connectivity index (χ4n) is 3.40. The maximum absolute atomic E-state index is 13.0. The van der Waals surface area contributed by atoms with E-state index in [4.69, 9.17) is 21.1 Å². The molecular weight excluding hydrogens is 388 g/mol. The van der Waals surface area contributed by atoms with E-state index in [2.05, 4.69) is 4.90 Å². The molecule has 144 valence electrons. The normalized spacial score (nSPS) is 21.6. The summed E-state index contributed by atoms with van der Waals surface area (Å²) in [6, 6.07) is 13.7. The van der Waals surface area contributed by atoms with E-state index in [0.717, 1.165) is 19.7 Å². The van der Waals surface area contributed by atoms with Crippen LogP contribution < -0.4 is 4.74 Å². The van der Waals surface area contributed by atoms with Gasteiger partial charge in [-0.25, -0.2) is 8.42 Å². The summed E-state index contributed by atoms with van der Waals surface area (Å²) in [6.45, 7) is 3.88. The van der Waals surface area contributed by atoms with E-state index in [0.29, 0.717) is 36.2 Å². The van der Waals surface area contributed by atoms with Crippen LogP contribution in [0.2, 0.25) is 5.02 Å². The SMILES string of the molecule is O=S(=O)(c1ccc(Oc2ccc(Cl)cc2)cc1)N1CCN2CCOCC2C1. The molecule has 2 aromatic carbocycles. The molecule has 2 heterocycles. The van der Waals surface area contributed by atoms with Gasteiger partial charge in [0.05, 0.1) is 18.1 Å². The fraction of sp³-hybridized carbons (Fsp3) is 0.368. The Kier molecular flexibility index (Phi) is 5.39. The van der Waals surface area contributed by atoms with Crippen molar-refractivity contribution in [3.63, 3.8) is 0 Å². The molecular formula is C19H21ClN2O4S. The van der Waals surface area contributed by atoms with Gasteiger partial charge in [0, 0.05) is 37.2 Å². The summed E-state index contributed by atoms with van der Waals surface area (Å²) in [6.07, 6.45) is 0.